The van der Waals surface area contributed by atoms with Crippen molar-refractivity contribution in [1.29, 1.82) is 0 Å². The zero-order valence-corrected chi connectivity index (χ0v) is 12.5. The molecule has 4 nitrogen and oxygen atoms in total. The summed E-state index contributed by atoms with van der Waals surface area (Å²) in [5.41, 5.74) is 8.12. The topological polar surface area (TPSA) is 41.7 Å². The molecule has 0 aromatic heterocycles. The third kappa shape index (κ3) is 2.63. The van der Waals surface area contributed by atoms with Gasteiger partial charge in [0.1, 0.15) is 11.9 Å². The van der Waals surface area contributed by atoms with E-state index in [4.69, 9.17) is 10.5 Å². The van der Waals surface area contributed by atoms with E-state index in [-0.39, 0.29) is 6.10 Å². The van der Waals surface area contributed by atoms with Gasteiger partial charge in [-0.25, -0.2) is 0 Å². The minimum absolute atomic E-state index is 0.246. The second-order valence-electron chi connectivity index (χ2n) is 6.12. The van der Waals surface area contributed by atoms with Crippen LogP contribution in [0.3, 0.4) is 0 Å². The van der Waals surface area contributed by atoms with Gasteiger partial charge in [-0.2, -0.15) is 0 Å². The maximum Gasteiger partial charge on any atom is 0.143 e. The molecule has 3 rings (SSSR count). The van der Waals surface area contributed by atoms with E-state index >= 15 is 0 Å². The number of hydrogen-bond donors (Lipinski definition) is 1. The monoisotopic (exact) mass is 275 g/mol. The Labute approximate surface area is 121 Å². The average molecular weight is 275 g/mol. The Balaban J connectivity index is 1.86. The summed E-state index contributed by atoms with van der Waals surface area (Å²) < 4.78 is 6.01. The molecule has 110 valence electrons. The first-order valence-electron chi connectivity index (χ1n) is 7.62. The van der Waals surface area contributed by atoms with Crippen molar-refractivity contribution in [3.05, 3.63) is 23.8 Å². The third-order valence-electron chi connectivity index (χ3n) is 4.48. The van der Waals surface area contributed by atoms with Crippen LogP contribution in [0.1, 0.15) is 25.3 Å². The summed E-state index contributed by atoms with van der Waals surface area (Å²) in [7, 11) is 2.21. The average Bonchev–Trinajstić information content (AvgIpc) is 2.46. The standard InChI is InChI=1S/C16H25N3O/c1-12-11-19(14-5-7-18(2)8-6-14)15-4-3-13(10-17)9-16(15)20-12/h3-4,9,12,14H,5-8,10-11,17H2,1-2H3. The number of likely N-dealkylation sites (tertiary alicyclic amines) is 1. The number of nitrogens with zero attached hydrogens (tertiary/aromatic N) is 2. The van der Waals surface area contributed by atoms with Crippen LogP contribution in [-0.2, 0) is 6.54 Å². The van der Waals surface area contributed by atoms with Crippen LogP contribution in [0.2, 0.25) is 0 Å². The maximum atomic E-state index is 6.01. The van der Waals surface area contributed by atoms with E-state index in [0.29, 0.717) is 12.6 Å². The number of piperidine rings is 1. The molecular weight excluding hydrogens is 250 g/mol. The summed E-state index contributed by atoms with van der Waals surface area (Å²) in [5.74, 6) is 1.01. The van der Waals surface area contributed by atoms with Crippen molar-refractivity contribution in [2.75, 3.05) is 31.6 Å². The Hall–Kier alpha value is -1.26. The molecule has 1 aromatic rings. The van der Waals surface area contributed by atoms with Gasteiger partial charge in [-0.15, -0.1) is 0 Å². The van der Waals surface area contributed by atoms with Crippen molar-refractivity contribution in [1.82, 2.24) is 4.90 Å². The number of nitrogens with two attached hydrogens (primary N) is 1. The molecule has 1 unspecified atom stereocenters. The fourth-order valence-corrected chi connectivity index (χ4v) is 3.30. The van der Waals surface area contributed by atoms with Crippen molar-refractivity contribution in [2.45, 2.75) is 38.5 Å². The highest BCUT2D eigenvalue weighted by atomic mass is 16.5. The summed E-state index contributed by atoms with van der Waals surface area (Å²) in [6.07, 6.45) is 2.72. The van der Waals surface area contributed by atoms with Crippen molar-refractivity contribution in [3.8, 4) is 5.75 Å². The molecular formula is C16H25N3O. The highest BCUT2D eigenvalue weighted by Crippen LogP contribution is 2.37. The molecule has 1 saturated heterocycles. The van der Waals surface area contributed by atoms with Crippen LogP contribution in [0.4, 0.5) is 5.69 Å². The Kier molecular flexibility index (Phi) is 3.85. The van der Waals surface area contributed by atoms with Crippen LogP contribution in [0.15, 0.2) is 18.2 Å². The summed E-state index contributed by atoms with van der Waals surface area (Å²) in [4.78, 5) is 4.97. The molecule has 1 aromatic carbocycles. The van der Waals surface area contributed by atoms with Crippen LogP contribution in [0.5, 0.6) is 5.75 Å². The van der Waals surface area contributed by atoms with Gasteiger partial charge in [0.05, 0.1) is 12.2 Å². The first-order valence-corrected chi connectivity index (χ1v) is 7.62. The number of ether oxygens (including phenoxy) is 1. The van der Waals surface area contributed by atoms with Crippen molar-refractivity contribution < 1.29 is 4.74 Å². The number of benzene rings is 1. The van der Waals surface area contributed by atoms with Gasteiger partial charge in [-0.3, -0.25) is 0 Å². The molecule has 0 spiro atoms. The smallest absolute Gasteiger partial charge is 0.143 e. The van der Waals surface area contributed by atoms with Crippen molar-refractivity contribution in [2.24, 2.45) is 5.73 Å². The first kappa shape index (κ1) is 13.7. The Bertz CT molecular complexity index is 469. The minimum atomic E-state index is 0.246. The van der Waals surface area contributed by atoms with Gasteiger partial charge in [0.25, 0.3) is 0 Å². The lowest BCUT2D eigenvalue weighted by Crippen LogP contribution is -2.49. The lowest BCUT2D eigenvalue weighted by atomic mass is 10.0. The second-order valence-corrected chi connectivity index (χ2v) is 6.12. The van der Waals surface area contributed by atoms with Crippen LogP contribution in [-0.4, -0.2) is 43.7 Å². The van der Waals surface area contributed by atoms with Crippen LogP contribution < -0.4 is 15.4 Å². The Morgan fingerprint density at radius 1 is 1.30 bits per heavy atom. The predicted molar refractivity (Wildman–Crippen MR) is 82.3 cm³/mol. The zero-order chi connectivity index (χ0) is 14.1. The van der Waals surface area contributed by atoms with E-state index < -0.39 is 0 Å². The van der Waals surface area contributed by atoms with Crippen LogP contribution in [0, 0.1) is 0 Å². The highest BCUT2D eigenvalue weighted by molar-refractivity contribution is 5.62. The number of fused-ring (bicyclic) bond motifs is 1. The molecule has 2 aliphatic heterocycles. The molecule has 1 fully saturated rings. The lowest BCUT2D eigenvalue weighted by Gasteiger charge is -2.43. The summed E-state index contributed by atoms with van der Waals surface area (Å²) in [6, 6.07) is 7.05. The maximum absolute atomic E-state index is 6.01. The van der Waals surface area contributed by atoms with Gasteiger partial charge < -0.3 is 20.3 Å². The van der Waals surface area contributed by atoms with E-state index in [9.17, 15) is 0 Å². The molecule has 0 bridgehead atoms. The minimum Gasteiger partial charge on any atom is -0.487 e. The third-order valence-corrected chi connectivity index (χ3v) is 4.48. The van der Waals surface area contributed by atoms with Gasteiger partial charge in [0.2, 0.25) is 0 Å². The summed E-state index contributed by atoms with van der Waals surface area (Å²) in [5, 5.41) is 0. The zero-order valence-electron chi connectivity index (χ0n) is 12.5. The quantitative estimate of drug-likeness (QED) is 0.894. The number of anilines is 1. The van der Waals surface area contributed by atoms with E-state index in [1.54, 1.807) is 0 Å². The molecule has 0 saturated carbocycles. The second kappa shape index (κ2) is 5.62. The van der Waals surface area contributed by atoms with Crippen LogP contribution in [0.25, 0.3) is 0 Å². The van der Waals surface area contributed by atoms with Gasteiger partial charge >= 0.3 is 0 Å². The Morgan fingerprint density at radius 2 is 2.05 bits per heavy atom. The van der Waals surface area contributed by atoms with E-state index in [2.05, 4.69) is 42.0 Å². The van der Waals surface area contributed by atoms with Crippen LogP contribution >= 0.6 is 0 Å². The van der Waals surface area contributed by atoms with Gasteiger partial charge in [0.15, 0.2) is 0 Å². The SMILES string of the molecule is CC1CN(C2CCN(C)CC2)c2ccc(CN)cc2O1. The fraction of sp³-hybridized carbons (Fsp3) is 0.625. The molecule has 4 heteroatoms. The molecule has 0 aliphatic carbocycles. The summed E-state index contributed by atoms with van der Waals surface area (Å²) >= 11 is 0. The van der Waals surface area contributed by atoms with E-state index in [0.717, 1.165) is 17.9 Å². The fourth-order valence-electron chi connectivity index (χ4n) is 3.30. The molecule has 0 amide bonds. The van der Waals surface area contributed by atoms with Crippen molar-refractivity contribution in [3.63, 3.8) is 0 Å². The summed E-state index contributed by atoms with van der Waals surface area (Å²) in [6.45, 7) is 6.09. The lowest BCUT2D eigenvalue weighted by molar-refractivity contribution is 0.191. The Morgan fingerprint density at radius 3 is 2.75 bits per heavy atom. The molecule has 0 radical (unpaired) electrons. The number of rotatable bonds is 2. The molecule has 2 aliphatic rings. The predicted octanol–water partition coefficient (Wildman–Crippen LogP) is 1.83. The van der Waals surface area contributed by atoms with E-state index in [1.807, 2.05) is 0 Å². The van der Waals surface area contributed by atoms with E-state index in [1.165, 1.54) is 31.6 Å². The normalized spacial score (nSPS) is 24.4. The van der Waals surface area contributed by atoms with Gasteiger partial charge in [-0.1, -0.05) is 6.07 Å². The molecule has 1 atom stereocenters. The highest BCUT2D eigenvalue weighted by Gasteiger charge is 2.30. The molecule has 2 N–H and O–H groups in total. The van der Waals surface area contributed by atoms with Gasteiger partial charge in [0, 0.05) is 12.6 Å². The largest absolute Gasteiger partial charge is 0.487 e. The first-order chi connectivity index (χ1) is 9.67. The number of hydrogen-bond acceptors (Lipinski definition) is 4. The van der Waals surface area contributed by atoms with Crippen molar-refractivity contribution >= 4 is 5.69 Å². The molecule has 20 heavy (non-hydrogen) atoms. The van der Waals surface area contributed by atoms with Gasteiger partial charge in [-0.05, 0) is 57.6 Å². The molecule has 2 heterocycles.